The molecule has 1 atom stereocenters. The first-order chi connectivity index (χ1) is 13.4. The topological polar surface area (TPSA) is 99.7 Å². The number of nitrogens with two attached hydrogens (primary N) is 1. The third-order valence-corrected chi connectivity index (χ3v) is 5.06. The summed E-state index contributed by atoms with van der Waals surface area (Å²) in [6.45, 7) is 0.538. The summed E-state index contributed by atoms with van der Waals surface area (Å²) in [4.78, 5) is 27.4. The van der Waals surface area contributed by atoms with E-state index in [4.69, 9.17) is 11.1 Å². The smallest absolute Gasteiger partial charge is 0.324 e. The first-order valence-electron chi connectivity index (χ1n) is 9.05. The van der Waals surface area contributed by atoms with Crippen molar-refractivity contribution in [3.8, 4) is 0 Å². The lowest BCUT2D eigenvalue weighted by Crippen LogP contribution is -2.29. The van der Waals surface area contributed by atoms with Gasteiger partial charge in [0.25, 0.3) is 0 Å². The van der Waals surface area contributed by atoms with Gasteiger partial charge in [-0.2, -0.15) is 0 Å². The van der Waals surface area contributed by atoms with Gasteiger partial charge in [0.05, 0.1) is 19.7 Å². The zero-order chi connectivity index (χ0) is 20.3. The molecule has 1 aliphatic rings. The molecule has 0 aromatic heterocycles. The van der Waals surface area contributed by atoms with E-state index in [1.807, 2.05) is 24.3 Å². The number of aryl methyl sites for hydroxylation is 1. The minimum Gasteiger partial charge on any atom is -0.469 e. The number of anilines is 1. The lowest BCUT2D eigenvalue weighted by Gasteiger charge is -2.18. The lowest BCUT2D eigenvalue weighted by molar-refractivity contribution is -0.140. The van der Waals surface area contributed by atoms with Gasteiger partial charge in [-0.1, -0.05) is 24.3 Å². The van der Waals surface area contributed by atoms with Crippen molar-refractivity contribution in [3.63, 3.8) is 0 Å². The number of carbonyl (C=O) groups excluding carboxylic acids is 2. The number of nitrogens with zero attached hydrogens (tertiary/aromatic N) is 2. The Balaban J connectivity index is 1.72. The summed E-state index contributed by atoms with van der Waals surface area (Å²) in [6.07, 6.45) is 0.975. The Bertz CT molecular complexity index is 878. The Labute approximate surface area is 164 Å². The summed E-state index contributed by atoms with van der Waals surface area (Å²) in [5.74, 6) is -0.224. The van der Waals surface area contributed by atoms with Crippen LogP contribution in [0.15, 0.2) is 48.5 Å². The molecule has 1 heterocycles. The number of esters is 1. The third kappa shape index (κ3) is 3.98. The maximum absolute atomic E-state index is 12.7. The number of nitrogens with one attached hydrogen (secondary N) is 1. The molecule has 0 aliphatic carbocycles. The van der Waals surface area contributed by atoms with Crippen molar-refractivity contribution in [2.45, 2.75) is 18.9 Å². The van der Waals surface area contributed by atoms with Crippen molar-refractivity contribution in [2.24, 2.45) is 5.73 Å². The van der Waals surface area contributed by atoms with E-state index in [0.717, 1.165) is 16.8 Å². The molecule has 1 fully saturated rings. The van der Waals surface area contributed by atoms with Crippen LogP contribution in [0, 0.1) is 5.41 Å². The Morgan fingerprint density at radius 1 is 1.18 bits per heavy atom. The molecular formula is C21H24N4O3. The van der Waals surface area contributed by atoms with Gasteiger partial charge in [0.1, 0.15) is 5.84 Å². The Hall–Kier alpha value is -3.35. The molecule has 1 aliphatic heterocycles. The van der Waals surface area contributed by atoms with E-state index >= 15 is 0 Å². The van der Waals surface area contributed by atoms with Gasteiger partial charge in [0.15, 0.2) is 0 Å². The van der Waals surface area contributed by atoms with Crippen molar-refractivity contribution >= 4 is 23.5 Å². The van der Waals surface area contributed by atoms with E-state index in [1.54, 1.807) is 41.1 Å². The number of likely N-dealkylation sites (N-methyl/N-ethyl adjacent to an activating group) is 1. The van der Waals surface area contributed by atoms with E-state index in [1.165, 1.54) is 7.11 Å². The van der Waals surface area contributed by atoms with Crippen LogP contribution in [0.1, 0.15) is 29.2 Å². The minimum absolute atomic E-state index is 0.00146. The fraction of sp³-hybridized carbons (Fsp3) is 0.286. The fourth-order valence-corrected chi connectivity index (χ4v) is 3.32. The standard InChI is InChI=1S/C21H24N4O3/c1-24-18(15-6-3-14(4-7-15)5-12-19(26)28-2)13-25(21(24)27)17-10-8-16(9-11-17)20(22)23/h3-4,6-11,18H,5,12-13H2,1-2H3,(H3,22,23). The molecule has 28 heavy (non-hydrogen) atoms. The molecule has 3 N–H and O–H groups in total. The minimum atomic E-state index is -0.225. The second-order valence-electron chi connectivity index (χ2n) is 6.80. The molecule has 146 valence electrons. The Kier molecular flexibility index (Phi) is 5.63. The predicted octanol–water partition coefficient (Wildman–Crippen LogP) is 2.69. The lowest BCUT2D eigenvalue weighted by atomic mass is 10.0. The van der Waals surface area contributed by atoms with Crippen LogP contribution in [-0.2, 0) is 16.0 Å². The molecule has 1 unspecified atom stereocenters. The highest BCUT2D eigenvalue weighted by Crippen LogP contribution is 2.32. The zero-order valence-electron chi connectivity index (χ0n) is 16.0. The van der Waals surface area contributed by atoms with Crippen LogP contribution < -0.4 is 10.6 Å². The molecule has 0 saturated carbocycles. The number of nitrogen functional groups attached to an aromatic ring is 1. The highest BCUT2D eigenvalue weighted by atomic mass is 16.5. The number of rotatable bonds is 6. The largest absolute Gasteiger partial charge is 0.469 e. The summed E-state index contributed by atoms with van der Waals surface area (Å²) >= 11 is 0. The van der Waals surface area contributed by atoms with E-state index < -0.39 is 0 Å². The van der Waals surface area contributed by atoms with E-state index in [-0.39, 0.29) is 23.9 Å². The highest BCUT2D eigenvalue weighted by Gasteiger charge is 2.36. The van der Waals surface area contributed by atoms with Crippen LogP contribution in [0.5, 0.6) is 0 Å². The van der Waals surface area contributed by atoms with Gasteiger partial charge in [-0.05, 0) is 41.8 Å². The molecule has 0 bridgehead atoms. The van der Waals surface area contributed by atoms with Crippen molar-refractivity contribution < 1.29 is 14.3 Å². The molecule has 0 radical (unpaired) electrons. The number of hydrogen-bond donors (Lipinski definition) is 2. The van der Waals surface area contributed by atoms with Gasteiger partial charge in [-0.3, -0.25) is 15.1 Å². The maximum Gasteiger partial charge on any atom is 0.324 e. The number of benzene rings is 2. The third-order valence-electron chi connectivity index (χ3n) is 5.06. The van der Waals surface area contributed by atoms with Crippen LogP contribution in [0.3, 0.4) is 0 Å². The maximum atomic E-state index is 12.7. The summed E-state index contributed by atoms with van der Waals surface area (Å²) in [5, 5.41) is 7.48. The number of hydrogen-bond acceptors (Lipinski definition) is 4. The number of ether oxygens (including phenoxy) is 1. The molecule has 2 amide bonds. The van der Waals surface area contributed by atoms with Gasteiger partial charge in [0, 0.05) is 24.7 Å². The van der Waals surface area contributed by atoms with Crippen LogP contribution in [-0.4, -0.2) is 43.4 Å². The molecule has 3 rings (SSSR count). The quantitative estimate of drug-likeness (QED) is 0.457. The molecule has 0 spiro atoms. The molecule has 1 saturated heterocycles. The number of carbonyl (C=O) groups is 2. The molecule has 2 aromatic carbocycles. The average Bonchev–Trinajstić information content (AvgIpc) is 3.01. The van der Waals surface area contributed by atoms with Crippen LogP contribution in [0.2, 0.25) is 0 Å². The normalized spacial score (nSPS) is 16.4. The summed E-state index contributed by atoms with van der Waals surface area (Å²) in [6, 6.07) is 14.9. The first kappa shape index (κ1) is 19.4. The molecule has 7 nitrogen and oxygen atoms in total. The summed E-state index contributed by atoms with van der Waals surface area (Å²) in [5.41, 5.74) is 8.99. The van der Waals surface area contributed by atoms with Crippen LogP contribution >= 0.6 is 0 Å². The number of methoxy groups -OCH3 is 1. The van der Waals surface area contributed by atoms with Gasteiger partial charge >= 0.3 is 12.0 Å². The van der Waals surface area contributed by atoms with Gasteiger partial charge < -0.3 is 15.4 Å². The van der Waals surface area contributed by atoms with Gasteiger partial charge in [0.2, 0.25) is 0 Å². The Morgan fingerprint density at radius 3 is 2.39 bits per heavy atom. The molecular weight excluding hydrogens is 356 g/mol. The first-order valence-corrected chi connectivity index (χ1v) is 9.05. The number of amidine groups is 1. The monoisotopic (exact) mass is 380 g/mol. The van der Waals surface area contributed by atoms with E-state index in [2.05, 4.69) is 4.74 Å². The zero-order valence-corrected chi connectivity index (χ0v) is 16.0. The molecule has 7 heteroatoms. The fourth-order valence-electron chi connectivity index (χ4n) is 3.32. The molecule has 2 aromatic rings. The SMILES string of the molecule is COC(=O)CCc1ccc(C2CN(c3ccc(C(=N)N)cc3)C(=O)N2C)cc1. The van der Waals surface area contributed by atoms with E-state index in [9.17, 15) is 9.59 Å². The second-order valence-corrected chi connectivity index (χ2v) is 6.80. The van der Waals surface area contributed by atoms with Crippen LogP contribution in [0.25, 0.3) is 0 Å². The van der Waals surface area contributed by atoms with Crippen molar-refractivity contribution in [1.29, 1.82) is 5.41 Å². The highest BCUT2D eigenvalue weighted by molar-refractivity contribution is 5.97. The van der Waals surface area contributed by atoms with Crippen LogP contribution in [0.4, 0.5) is 10.5 Å². The number of urea groups is 1. The van der Waals surface area contributed by atoms with Crippen molar-refractivity contribution in [1.82, 2.24) is 4.90 Å². The van der Waals surface area contributed by atoms with Gasteiger partial charge in [-0.15, -0.1) is 0 Å². The van der Waals surface area contributed by atoms with Crippen molar-refractivity contribution in [3.05, 3.63) is 65.2 Å². The summed E-state index contributed by atoms with van der Waals surface area (Å²) < 4.78 is 4.67. The Morgan fingerprint density at radius 2 is 1.82 bits per heavy atom. The summed E-state index contributed by atoms with van der Waals surface area (Å²) in [7, 11) is 3.18. The predicted molar refractivity (Wildman–Crippen MR) is 107 cm³/mol. The average molecular weight is 380 g/mol. The van der Waals surface area contributed by atoms with E-state index in [0.29, 0.717) is 24.9 Å². The van der Waals surface area contributed by atoms with Crippen molar-refractivity contribution in [2.75, 3.05) is 25.6 Å². The number of amides is 2. The van der Waals surface area contributed by atoms with Gasteiger partial charge in [-0.25, -0.2) is 4.79 Å². The second kappa shape index (κ2) is 8.12.